The third-order valence-electron chi connectivity index (χ3n) is 5.05. The minimum Gasteiger partial charge on any atom is -0.336 e. The van der Waals surface area contributed by atoms with Gasteiger partial charge in [0, 0.05) is 31.7 Å². The molecule has 1 aliphatic rings. The van der Waals surface area contributed by atoms with Crippen molar-refractivity contribution >= 4 is 38.3 Å². The average Bonchev–Trinajstić information content (AvgIpc) is 2.74. The van der Waals surface area contributed by atoms with Gasteiger partial charge >= 0.3 is 0 Å². The molecule has 1 amide bonds. The van der Waals surface area contributed by atoms with E-state index in [1.54, 1.807) is 11.0 Å². The first-order chi connectivity index (χ1) is 13.9. The van der Waals surface area contributed by atoms with E-state index in [-0.39, 0.29) is 42.0 Å². The molecule has 0 aromatic heterocycles. The van der Waals surface area contributed by atoms with Crippen LogP contribution < -0.4 is 0 Å². The van der Waals surface area contributed by atoms with E-state index in [2.05, 4.69) is 0 Å². The van der Waals surface area contributed by atoms with Crippen LogP contribution in [0.4, 0.5) is 4.39 Å². The van der Waals surface area contributed by atoms with Crippen LogP contribution in [0.2, 0.25) is 5.02 Å². The summed E-state index contributed by atoms with van der Waals surface area (Å²) in [5.74, 6) is -0.797. The summed E-state index contributed by atoms with van der Waals surface area (Å²) >= 11 is 5.72. The molecule has 0 atom stereocenters. The number of sulfonamides is 1. The third kappa shape index (κ3) is 3.85. The van der Waals surface area contributed by atoms with Crippen molar-refractivity contribution < 1.29 is 17.6 Å². The molecule has 0 aliphatic carbocycles. The van der Waals surface area contributed by atoms with Crippen LogP contribution >= 0.6 is 11.6 Å². The number of piperazine rings is 1. The molecule has 0 spiro atoms. The topological polar surface area (TPSA) is 57.7 Å². The second-order valence-corrected chi connectivity index (χ2v) is 9.18. The van der Waals surface area contributed by atoms with Gasteiger partial charge in [0.15, 0.2) is 0 Å². The fourth-order valence-corrected chi connectivity index (χ4v) is 5.12. The summed E-state index contributed by atoms with van der Waals surface area (Å²) in [6, 6.07) is 16.7. The third-order valence-corrected chi connectivity index (χ3v) is 7.24. The van der Waals surface area contributed by atoms with Gasteiger partial charge < -0.3 is 4.90 Å². The molecule has 0 saturated carbocycles. The number of carbonyl (C=O) groups excluding carboxylic acids is 1. The Balaban J connectivity index is 1.48. The molecule has 0 N–H and O–H groups in total. The monoisotopic (exact) mass is 432 g/mol. The van der Waals surface area contributed by atoms with Gasteiger partial charge in [-0.15, -0.1) is 0 Å². The average molecular weight is 433 g/mol. The van der Waals surface area contributed by atoms with Crippen molar-refractivity contribution in [3.63, 3.8) is 0 Å². The smallest absolute Gasteiger partial charge is 0.253 e. The van der Waals surface area contributed by atoms with Gasteiger partial charge in [-0.2, -0.15) is 4.31 Å². The number of amides is 1. The van der Waals surface area contributed by atoms with E-state index < -0.39 is 15.8 Å². The maximum absolute atomic E-state index is 13.3. The van der Waals surface area contributed by atoms with Gasteiger partial charge in [0.1, 0.15) is 5.82 Å². The molecule has 150 valence electrons. The number of hydrogen-bond acceptors (Lipinski definition) is 3. The van der Waals surface area contributed by atoms with E-state index >= 15 is 0 Å². The predicted molar refractivity (Wildman–Crippen MR) is 110 cm³/mol. The highest BCUT2D eigenvalue weighted by atomic mass is 35.5. The molecular formula is C21H18ClFN2O3S. The molecule has 5 nitrogen and oxygen atoms in total. The fourth-order valence-electron chi connectivity index (χ4n) is 3.42. The highest BCUT2D eigenvalue weighted by molar-refractivity contribution is 7.89. The largest absolute Gasteiger partial charge is 0.336 e. The molecular weight excluding hydrogens is 415 g/mol. The zero-order valence-electron chi connectivity index (χ0n) is 15.4. The summed E-state index contributed by atoms with van der Waals surface area (Å²) in [4.78, 5) is 14.4. The Bertz CT molecular complexity index is 1190. The number of benzene rings is 3. The molecule has 0 radical (unpaired) electrons. The quantitative estimate of drug-likeness (QED) is 0.633. The molecule has 1 fully saturated rings. The summed E-state index contributed by atoms with van der Waals surface area (Å²) < 4.78 is 40.2. The Morgan fingerprint density at radius 3 is 2.28 bits per heavy atom. The van der Waals surface area contributed by atoms with Gasteiger partial charge in [-0.1, -0.05) is 41.9 Å². The van der Waals surface area contributed by atoms with Crippen LogP contribution in [0.1, 0.15) is 10.4 Å². The standard InChI is InChI=1S/C21H18ClFN2O3S/c22-19-14-18(7-8-20(19)23)29(27,28)25-11-9-24(10-12-25)21(26)17-6-5-15-3-1-2-4-16(15)13-17/h1-8,13-14H,9-12H2. The van der Waals surface area contributed by atoms with Crippen LogP contribution in [0.25, 0.3) is 10.8 Å². The molecule has 3 aromatic carbocycles. The summed E-state index contributed by atoms with van der Waals surface area (Å²) in [5, 5.41) is 1.79. The molecule has 29 heavy (non-hydrogen) atoms. The Labute approximate surface area is 173 Å². The van der Waals surface area contributed by atoms with E-state index in [0.717, 1.165) is 22.9 Å². The Morgan fingerprint density at radius 1 is 0.897 bits per heavy atom. The summed E-state index contributed by atoms with van der Waals surface area (Å²) in [5.41, 5.74) is 0.574. The number of nitrogens with zero attached hydrogens (tertiary/aromatic N) is 2. The van der Waals surface area contributed by atoms with Crippen molar-refractivity contribution in [2.24, 2.45) is 0 Å². The van der Waals surface area contributed by atoms with Crippen LogP contribution in [0, 0.1) is 5.82 Å². The highest BCUT2D eigenvalue weighted by Gasteiger charge is 2.30. The highest BCUT2D eigenvalue weighted by Crippen LogP contribution is 2.24. The molecule has 0 unspecified atom stereocenters. The molecule has 3 aromatic rings. The number of rotatable bonds is 3. The first kappa shape index (κ1) is 19.8. The SMILES string of the molecule is O=C(c1ccc2ccccc2c1)N1CCN(S(=O)(=O)c2ccc(F)c(Cl)c2)CC1. The zero-order valence-corrected chi connectivity index (χ0v) is 17.0. The number of hydrogen-bond donors (Lipinski definition) is 0. The van der Waals surface area contributed by atoms with Crippen molar-refractivity contribution in [3.8, 4) is 0 Å². The molecule has 8 heteroatoms. The van der Waals surface area contributed by atoms with Crippen LogP contribution in [0.3, 0.4) is 0 Å². The van der Waals surface area contributed by atoms with Crippen molar-refractivity contribution in [1.82, 2.24) is 9.21 Å². The van der Waals surface area contributed by atoms with Gasteiger partial charge in [0.05, 0.1) is 9.92 Å². The first-order valence-electron chi connectivity index (χ1n) is 9.09. The zero-order chi connectivity index (χ0) is 20.6. The van der Waals surface area contributed by atoms with Crippen molar-refractivity contribution in [2.75, 3.05) is 26.2 Å². The lowest BCUT2D eigenvalue weighted by atomic mass is 10.1. The lowest BCUT2D eigenvalue weighted by Crippen LogP contribution is -2.50. The van der Waals surface area contributed by atoms with Gasteiger partial charge in [-0.05, 0) is 41.1 Å². The first-order valence-corrected chi connectivity index (χ1v) is 10.9. The van der Waals surface area contributed by atoms with Crippen LogP contribution in [0.5, 0.6) is 0 Å². The van der Waals surface area contributed by atoms with Crippen molar-refractivity contribution in [2.45, 2.75) is 4.90 Å². The molecule has 0 bridgehead atoms. The van der Waals surface area contributed by atoms with Gasteiger partial charge in [-0.25, -0.2) is 12.8 Å². The lowest BCUT2D eigenvalue weighted by molar-refractivity contribution is 0.0698. The molecule has 1 aliphatic heterocycles. The summed E-state index contributed by atoms with van der Waals surface area (Å²) in [7, 11) is -3.80. The number of carbonyl (C=O) groups is 1. The predicted octanol–water partition coefficient (Wildman–Crippen LogP) is 3.78. The van der Waals surface area contributed by atoms with E-state index in [1.165, 1.54) is 10.4 Å². The summed E-state index contributed by atoms with van der Waals surface area (Å²) in [6.07, 6.45) is 0. The lowest BCUT2D eigenvalue weighted by Gasteiger charge is -2.34. The second kappa shape index (κ2) is 7.74. The van der Waals surface area contributed by atoms with Gasteiger partial charge in [-0.3, -0.25) is 4.79 Å². The van der Waals surface area contributed by atoms with E-state index in [4.69, 9.17) is 11.6 Å². The number of fused-ring (bicyclic) bond motifs is 1. The van der Waals surface area contributed by atoms with Crippen LogP contribution in [-0.2, 0) is 10.0 Å². The van der Waals surface area contributed by atoms with Crippen molar-refractivity contribution in [1.29, 1.82) is 0 Å². The minimum atomic E-state index is -3.80. The van der Waals surface area contributed by atoms with Gasteiger partial charge in [0.25, 0.3) is 5.91 Å². The normalized spacial score (nSPS) is 15.6. The molecule has 1 heterocycles. The molecule has 1 saturated heterocycles. The minimum absolute atomic E-state index is 0.0572. The van der Waals surface area contributed by atoms with E-state index in [1.807, 2.05) is 36.4 Å². The van der Waals surface area contributed by atoms with Crippen LogP contribution in [-0.4, -0.2) is 49.7 Å². The van der Waals surface area contributed by atoms with Crippen LogP contribution in [0.15, 0.2) is 65.6 Å². The second-order valence-electron chi connectivity index (χ2n) is 6.83. The van der Waals surface area contributed by atoms with Gasteiger partial charge in [0.2, 0.25) is 10.0 Å². The fraction of sp³-hybridized carbons (Fsp3) is 0.190. The maximum atomic E-state index is 13.3. The Hall–Kier alpha value is -2.48. The van der Waals surface area contributed by atoms with E-state index in [9.17, 15) is 17.6 Å². The molecule has 4 rings (SSSR count). The maximum Gasteiger partial charge on any atom is 0.253 e. The number of halogens is 2. The van der Waals surface area contributed by atoms with Crippen molar-refractivity contribution in [3.05, 3.63) is 77.1 Å². The Kier molecular flexibility index (Phi) is 5.29. The van der Waals surface area contributed by atoms with E-state index in [0.29, 0.717) is 5.56 Å². The Morgan fingerprint density at radius 2 is 1.59 bits per heavy atom. The summed E-state index contributed by atoms with van der Waals surface area (Å²) in [6.45, 7) is 0.882.